The maximum Gasteiger partial charge on any atom is 0.338 e. The van der Waals surface area contributed by atoms with Crippen LogP contribution in [0.15, 0.2) is 24.3 Å². The van der Waals surface area contributed by atoms with Gasteiger partial charge >= 0.3 is 5.97 Å². The van der Waals surface area contributed by atoms with Crippen molar-refractivity contribution in [2.75, 3.05) is 19.8 Å². The Morgan fingerprint density at radius 1 is 1.33 bits per heavy atom. The molecule has 1 N–H and O–H groups in total. The molecule has 0 saturated carbocycles. The van der Waals surface area contributed by atoms with E-state index >= 15 is 0 Å². The van der Waals surface area contributed by atoms with Crippen molar-refractivity contribution in [2.24, 2.45) is 0 Å². The van der Waals surface area contributed by atoms with Crippen LogP contribution in [0.2, 0.25) is 0 Å². The third kappa shape index (κ3) is 5.53. The number of hydrogen-bond donors (Lipinski definition) is 1. The Hall–Kier alpha value is -2.08. The summed E-state index contributed by atoms with van der Waals surface area (Å²) in [7, 11) is 0. The predicted molar refractivity (Wildman–Crippen MR) is 89.1 cm³/mol. The lowest BCUT2D eigenvalue weighted by atomic mass is 10.2. The fourth-order valence-electron chi connectivity index (χ4n) is 2.33. The van der Waals surface area contributed by atoms with Crippen LogP contribution in [-0.4, -0.2) is 43.8 Å². The van der Waals surface area contributed by atoms with Crippen LogP contribution in [0.25, 0.3) is 0 Å². The zero-order chi connectivity index (χ0) is 17.4. The Kier molecular flexibility index (Phi) is 7.06. The third-order valence-corrected chi connectivity index (χ3v) is 3.75. The van der Waals surface area contributed by atoms with Gasteiger partial charge in [-0.05, 0) is 50.5 Å². The number of esters is 1. The molecule has 1 aliphatic heterocycles. The highest BCUT2D eigenvalue weighted by molar-refractivity contribution is 5.92. The molecule has 1 aromatic carbocycles. The van der Waals surface area contributed by atoms with Crippen molar-refractivity contribution in [3.63, 3.8) is 0 Å². The fourth-order valence-corrected chi connectivity index (χ4v) is 2.33. The van der Waals surface area contributed by atoms with Crippen LogP contribution in [-0.2, 0) is 14.3 Å². The van der Waals surface area contributed by atoms with E-state index in [-0.39, 0.29) is 12.0 Å². The Morgan fingerprint density at radius 2 is 2.08 bits per heavy atom. The first-order chi connectivity index (χ1) is 11.6. The monoisotopic (exact) mass is 335 g/mol. The van der Waals surface area contributed by atoms with Gasteiger partial charge in [0.15, 0.2) is 6.10 Å². The summed E-state index contributed by atoms with van der Waals surface area (Å²) in [4.78, 5) is 23.8. The minimum Gasteiger partial charge on any atom is -0.491 e. The second kappa shape index (κ2) is 9.27. The van der Waals surface area contributed by atoms with E-state index in [0.717, 1.165) is 25.9 Å². The van der Waals surface area contributed by atoms with Crippen LogP contribution >= 0.6 is 0 Å². The van der Waals surface area contributed by atoms with E-state index < -0.39 is 12.1 Å². The molecule has 24 heavy (non-hydrogen) atoms. The molecule has 6 nitrogen and oxygen atoms in total. The van der Waals surface area contributed by atoms with Gasteiger partial charge in [0.1, 0.15) is 12.4 Å². The lowest BCUT2D eigenvalue weighted by molar-refractivity contribution is -0.129. The van der Waals surface area contributed by atoms with Gasteiger partial charge in [-0.25, -0.2) is 4.79 Å². The summed E-state index contributed by atoms with van der Waals surface area (Å²) in [5.74, 6) is -0.141. The molecule has 0 unspecified atom stereocenters. The average Bonchev–Trinajstić information content (AvgIpc) is 3.11. The highest BCUT2D eigenvalue weighted by atomic mass is 16.5. The average molecular weight is 335 g/mol. The smallest absolute Gasteiger partial charge is 0.338 e. The zero-order valence-corrected chi connectivity index (χ0v) is 14.2. The van der Waals surface area contributed by atoms with Crippen LogP contribution in [0.3, 0.4) is 0 Å². The third-order valence-electron chi connectivity index (χ3n) is 3.75. The van der Waals surface area contributed by atoms with Crippen molar-refractivity contribution in [1.82, 2.24) is 5.32 Å². The second-order valence-electron chi connectivity index (χ2n) is 5.81. The standard InChI is InChI=1S/C18H25NO5/c1-3-10-19-17(20)13(2)24-18(21)14-6-8-15(9-7-14)23-12-16-5-4-11-22-16/h6-9,13,16H,3-5,10-12H2,1-2H3,(H,19,20)/t13-,16+/m1/s1. The number of amides is 1. The molecule has 2 atom stereocenters. The predicted octanol–water partition coefficient (Wildman–Crippen LogP) is 2.32. The SMILES string of the molecule is CCCNC(=O)[C@@H](C)OC(=O)c1ccc(OC[C@@H]2CCCO2)cc1. The molecule has 0 aromatic heterocycles. The molecule has 1 heterocycles. The summed E-state index contributed by atoms with van der Waals surface area (Å²) in [5, 5.41) is 2.69. The van der Waals surface area contributed by atoms with Crippen LogP contribution in [0, 0.1) is 0 Å². The molecular weight excluding hydrogens is 310 g/mol. The first-order valence-electron chi connectivity index (χ1n) is 8.43. The van der Waals surface area contributed by atoms with Crippen molar-refractivity contribution in [3.8, 4) is 5.75 Å². The molecule has 1 aliphatic rings. The fraction of sp³-hybridized carbons (Fsp3) is 0.556. The van der Waals surface area contributed by atoms with Crippen molar-refractivity contribution >= 4 is 11.9 Å². The zero-order valence-electron chi connectivity index (χ0n) is 14.2. The molecule has 1 amide bonds. The quantitative estimate of drug-likeness (QED) is 0.738. The molecule has 0 spiro atoms. The molecule has 6 heteroatoms. The van der Waals surface area contributed by atoms with E-state index in [9.17, 15) is 9.59 Å². The summed E-state index contributed by atoms with van der Waals surface area (Å²) in [6.45, 7) is 5.39. The first-order valence-corrected chi connectivity index (χ1v) is 8.43. The van der Waals surface area contributed by atoms with Gasteiger partial charge in [-0.15, -0.1) is 0 Å². The molecule has 132 valence electrons. The van der Waals surface area contributed by atoms with Crippen LogP contribution in [0.5, 0.6) is 5.75 Å². The van der Waals surface area contributed by atoms with Crippen LogP contribution in [0.1, 0.15) is 43.5 Å². The van der Waals surface area contributed by atoms with Gasteiger partial charge in [-0.2, -0.15) is 0 Å². The Morgan fingerprint density at radius 3 is 2.71 bits per heavy atom. The number of carbonyl (C=O) groups is 2. The van der Waals surface area contributed by atoms with Crippen molar-refractivity contribution in [3.05, 3.63) is 29.8 Å². The summed E-state index contributed by atoms with van der Waals surface area (Å²) in [5.41, 5.74) is 0.384. The van der Waals surface area contributed by atoms with E-state index in [1.807, 2.05) is 6.92 Å². The van der Waals surface area contributed by atoms with Gasteiger partial charge in [0.25, 0.3) is 5.91 Å². The number of ether oxygens (including phenoxy) is 3. The largest absolute Gasteiger partial charge is 0.491 e. The lowest BCUT2D eigenvalue weighted by Crippen LogP contribution is -2.36. The van der Waals surface area contributed by atoms with Gasteiger partial charge in [0.2, 0.25) is 0 Å². The summed E-state index contributed by atoms with van der Waals surface area (Å²) in [6.07, 6.45) is 2.25. The van der Waals surface area contributed by atoms with E-state index in [1.54, 1.807) is 31.2 Å². The summed E-state index contributed by atoms with van der Waals surface area (Å²) >= 11 is 0. The van der Waals surface area contributed by atoms with Gasteiger partial charge < -0.3 is 19.5 Å². The Labute approximate surface area is 142 Å². The molecule has 1 fully saturated rings. The molecule has 0 radical (unpaired) electrons. The molecule has 0 aliphatic carbocycles. The van der Waals surface area contributed by atoms with Crippen LogP contribution < -0.4 is 10.1 Å². The number of hydrogen-bond acceptors (Lipinski definition) is 5. The Bertz CT molecular complexity index is 537. The van der Waals surface area contributed by atoms with Gasteiger partial charge in [-0.3, -0.25) is 4.79 Å². The minimum absolute atomic E-state index is 0.150. The number of carbonyl (C=O) groups excluding carboxylic acids is 2. The Balaban J connectivity index is 1.80. The highest BCUT2D eigenvalue weighted by Crippen LogP contribution is 2.17. The van der Waals surface area contributed by atoms with Gasteiger partial charge in [0, 0.05) is 13.2 Å². The summed E-state index contributed by atoms with van der Waals surface area (Å²) in [6, 6.07) is 6.69. The maximum absolute atomic E-state index is 12.0. The normalized spacial score (nSPS) is 18.0. The van der Waals surface area contributed by atoms with Gasteiger partial charge in [-0.1, -0.05) is 6.92 Å². The second-order valence-corrected chi connectivity index (χ2v) is 5.81. The molecule has 0 bridgehead atoms. The number of nitrogens with one attached hydrogen (secondary N) is 1. The van der Waals surface area contributed by atoms with E-state index in [1.165, 1.54) is 0 Å². The first kappa shape index (κ1) is 18.3. The molecule has 1 saturated heterocycles. The molecule has 1 aromatic rings. The van der Waals surface area contributed by atoms with E-state index in [2.05, 4.69) is 5.32 Å². The lowest BCUT2D eigenvalue weighted by Gasteiger charge is -2.14. The molecular formula is C18H25NO5. The van der Waals surface area contributed by atoms with Crippen molar-refractivity contribution in [2.45, 2.75) is 45.3 Å². The number of benzene rings is 1. The van der Waals surface area contributed by atoms with E-state index in [0.29, 0.717) is 24.5 Å². The summed E-state index contributed by atoms with van der Waals surface area (Å²) < 4.78 is 16.3. The van der Waals surface area contributed by atoms with Crippen molar-refractivity contribution in [1.29, 1.82) is 0 Å². The maximum atomic E-state index is 12.0. The highest BCUT2D eigenvalue weighted by Gasteiger charge is 2.19. The number of rotatable bonds is 8. The minimum atomic E-state index is -0.820. The van der Waals surface area contributed by atoms with E-state index in [4.69, 9.17) is 14.2 Å². The molecule has 2 rings (SSSR count). The van der Waals surface area contributed by atoms with Gasteiger partial charge in [0.05, 0.1) is 11.7 Å². The van der Waals surface area contributed by atoms with Crippen molar-refractivity contribution < 1.29 is 23.8 Å². The van der Waals surface area contributed by atoms with Crippen LogP contribution in [0.4, 0.5) is 0 Å². The topological polar surface area (TPSA) is 73.9 Å².